The molecule has 7 heteroatoms. The molecule has 3 aromatic rings. The van der Waals surface area contributed by atoms with Crippen LogP contribution in [0.15, 0.2) is 50.8 Å². The molecule has 1 aliphatic heterocycles. The quantitative estimate of drug-likeness (QED) is 0.533. The zero-order valence-electron chi connectivity index (χ0n) is 15.8. The Morgan fingerprint density at radius 1 is 1.07 bits per heavy atom. The molecular weight excluding hydrogens is 434 g/mol. The summed E-state index contributed by atoms with van der Waals surface area (Å²) in [7, 11) is 0. The molecule has 1 aliphatic carbocycles. The van der Waals surface area contributed by atoms with Crippen LogP contribution in [0.25, 0.3) is 10.9 Å². The average Bonchev–Trinajstić information content (AvgIpc) is 3.22. The van der Waals surface area contributed by atoms with Gasteiger partial charge in [0.15, 0.2) is 11.5 Å². The molecule has 6 nitrogen and oxygen atoms in total. The molecule has 5 rings (SSSR count). The summed E-state index contributed by atoms with van der Waals surface area (Å²) in [4.78, 5) is 18.2. The molecule has 0 unspecified atom stereocenters. The molecule has 148 valence electrons. The van der Waals surface area contributed by atoms with E-state index in [4.69, 9.17) is 14.5 Å². The summed E-state index contributed by atoms with van der Waals surface area (Å²) < 4.78 is 13.1. The number of halogens is 1. The molecule has 0 N–H and O–H groups in total. The standard InChI is InChI=1S/C22H20BrN3O3/c23-16-7-8-18-17(11-16)22(27)26(21(25-18)15-4-2-1-3-5-15)24-12-14-6-9-19-20(10-14)29-13-28-19/h6-12,15H,1-5,13H2. The first kappa shape index (κ1) is 18.4. The fourth-order valence-corrected chi connectivity index (χ4v) is 4.38. The lowest BCUT2D eigenvalue weighted by molar-refractivity contribution is 0.174. The van der Waals surface area contributed by atoms with E-state index in [1.54, 1.807) is 6.21 Å². The van der Waals surface area contributed by atoms with Crippen molar-refractivity contribution in [3.8, 4) is 11.5 Å². The molecule has 0 amide bonds. The lowest BCUT2D eigenvalue weighted by Gasteiger charge is -2.22. The van der Waals surface area contributed by atoms with Crippen LogP contribution in [0.3, 0.4) is 0 Å². The Morgan fingerprint density at radius 3 is 2.76 bits per heavy atom. The van der Waals surface area contributed by atoms with Crippen molar-refractivity contribution in [2.24, 2.45) is 5.10 Å². The number of aromatic nitrogens is 2. The Kier molecular flexibility index (Phi) is 4.83. The Morgan fingerprint density at radius 2 is 1.90 bits per heavy atom. The van der Waals surface area contributed by atoms with Crippen molar-refractivity contribution < 1.29 is 9.47 Å². The molecule has 1 aromatic heterocycles. The van der Waals surface area contributed by atoms with Crippen molar-refractivity contribution >= 4 is 33.0 Å². The van der Waals surface area contributed by atoms with Gasteiger partial charge in [0.25, 0.3) is 5.56 Å². The van der Waals surface area contributed by atoms with E-state index in [-0.39, 0.29) is 18.3 Å². The third-order valence-corrected chi connectivity index (χ3v) is 6.02. The predicted molar refractivity (Wildman–Crippen MR) is 115 cm³/mol. The molecule has 29 heavy (non-hydrogen) atoms. The normalized spacial score (nSPS) is 16.7. The maximum absolute atomic E-state index is 13.3. The second-order valence-electron chi connectivity index (χ2n) is 7.44. The highest BCUT2D eigenvalue weighted by Crippen LogP contribution is 2.33. The summed E-state index contributed by atoms with van der Waals surface area (Å²) >= 11 is 3.45. The number of rotatable bonds is 3. The summed E-state index contributed by atoms with van der Waals surface area (Å²) in [6.07, 6.45) is 7.31. The van der Waals surface area contributed by atoms with Crippen LogP contribution in [0.2, 0.25) is 0 Å². The van der Waals surface area contributed by atoms with Gasteiger partial charge in [-0.1, -0.05) is 35.2 Å². The topological polar surface area (TPSA) is 65.7 Å². The van der Waals surface area contributed by atoms with Gasteiger partial charge in [-0.2, -0.15) is 9.78 Å². The molecule has 1 saturated carbocycles. The number of nitrogens with zero attached hydrogens (tertiary/aromatic N) is 3. The van der Waals surface area contributed by atoms with Gasteiger partial charge in [-0.05, 0) is 54.8 Å². The van der Waals surface area contributed by atoms with Gasteiger partial charge in [-0.15, -0.1) is 0 Å². The van der Waals surface area contributed by atoms with Crippen molar-refractivity contribution in [1.29, 1.82) is 0 Å². The van der Waals surface area contributed by atoms with E-state index in [0.29, 0.717) is 16.7 Å². The summed E-state index contributed by atoms with van der Waals surface area (Å²) in [5.74, 6) is 2.41. The first-order valence-electron chi connectivity index (χ1n) is 9.85. The highest BCUT2D eigenvalue weighted by Gasteiger charge is 2.22. The zero-order chi connectivity index (χ0) is 19.8. The van der Waals surface area contributed by atoms with Gasteiger partial charge in [-0.3, -0.25) is 4.79 Å². The minimum absolute atomic E-state index is 0.145. The largest absolute Gasteiger partial charge is 0.454 e. The van der Waals surface area contributed by atoms with Crippen molar-refractivity contribution in [1.82, 2.24) is 9.66 Å². The van der Waals surface area contributed by atoms with E-state index >= 15 is 0 Å². The minimum Gasteiger partial charge on any atom is -0.454 e. The lowest BCUT2D eigenvalue weighted by atomic mass is 9.88. The van der Waals surface area contributed by atoms with E-state index < -0.39 is 0 Å². The predicted octanol–water partition coefficient (Wildman–Crippen LogP) is 4.82. The smallest absolute Gasteiger partial charge is 0.282 e. The van der Waals surface area contributed by atoms with Gasteiger partial charge in [-0.25, -0.2) is 4.98 Å². The highest BCUT2D eigenvalue weighted by molar-refractivity contribution is 9.10. The Balaban J connectivity index is 1.62. The van der Waals surface area contributed by atoms with Crippen molar-refractivity contribution in [2.75, 3.05) is 6.79 Å². The van der Waals surface area contributed by atoms with E-state index in [1.807, 2.05) is 36.4 Å². The van der Waals surface area contributed by atoms with Gasteiger partial charge in [0.1, 0.15) is 5.82 Å². The highest BCUT2D eigenvalue weighted by atomic mass is 79.9. The molecule has 0 saturated heterocycles. The van der Waals surface area contributed by atoms with Crippen molar-refractivity contribution in [3.63, 3.8) is 0 Å². The monoisotopic (exact) mass is 453 g/mol. The fraction of sp³-hybridized carbons (Fsp3) is 0.318. The van der Waals surface area contributed by atoms with Crippen LogP contribution in [-0.4, -0.2) is 22.7 Å². The van der Waals surface area contributed by atoms with Gasteiger partial charge in [0.2, 0.25) is 6.79 Å². The van der Waals surface area contributed by atoms with Crippen LogP contribution in [0.5, 0.6) is 11.5 Å². The molecule has 2 heterocycles. The Hall–Kier alpha value is -2.67. The number of benzene rings is 2. The van der Waals surface area contributed by atoms with Crippen LogP contribution < -0.4 is 15.0 Å². The van der Waals surface area contributed by atoms with Gasteiger partial charge >= 0.3 is 0 Å². The van der Waals surface area contributed by atoms with E-state index in [2.05, 4.69) is 21.0 Å². The molecule has 0 radical (unpaired) electrons. The summed E-state index contributed by atoms with van der Waals surface area (Å²) in [6, 6.07) is 11.2. The maximum Gasteiger partial charge on any atom is 0.282 e. The number of fused-ring (bicyclic) bond motifs is 2. The van der Waals surface area contributed by atoms with E-state index in [0.717, 1.165) is 47.3 Å². The second kappa shape index (κ2) is 7.63. The second-order valence-corrected chi connectivity index (χ2v) is 8.36. The van der Waals surface area contributed by atoms with Gasteiger partial charge in [0, 0.05) is 10.4 Å². The van der Waals surface area contributed by atoms with Crippen LogP contribution in [-0.2, 0) is 0 Å². The van der Waals surface area contributed by atoms with Crippen LogP contribution in [0.4, 0.5) is 0 Å². The maximum atomic E-state index is 13.3. The molecule has 0 spiro atoms. The summed E-state index contributed by atoms with van der Waals surface area (Å²) in [6.45, 7) is 0.227. The first-order valence-corrected chi connectivity index (χ1v) is 10.6. The van der Waals surface area contributed by atoms with Crippen LogP contribution in [0, 0.1) is 0 Å². The molecule has 0 atom stereocenters. The summed E-state index contributed by atoms with van der Waals surface area (Å²) in [5.41, 5.74) is 1.41. The van der Waals surface area contributed by atoms with E-state index in [1.165, 1.54) is 11.1 Å². The number of hydrogen-bond donors (Lipinski definition) is 0. The zero-order valence-corrected chi connectivity index (χ0v) is 17.4. The number of hydrogen-bond acceptors (Lipinski definition) is 5. The Labute approximate surface area is 176 Å². The van der Waals surface area contributed by atoms with Gasteiger partial charge in [0.05, 0.1) is 17.1 Å². The summed E-state index contributed by atoms with van der Waals surface area (Å²) in [5, 5.41) is 5.12. The SMILES string of the molecule is O=c1c2cc(Br)ccc2nc(C2CCCCC2)n1N=Cc1ccc2c(c1)OCO2. The third kappa shape index (κ3) is 3.55. The van der Waals surface area contributed by atoms with Crippen molar-refractivity contribution in [3.05, 3.63) is 62.6 Å². The van der Waals surface area contributed by atoms with Gasteiger partial charge < -0.3 is 9.47 Å². The first-order chi connectivity index (χ1) is 14.2. The number of ether oxygens (including phenoxy) is 2. The Bertz CT molecular complexity index is 1170. The molecule has 0 bridgehead atoms. The molecule has 2 aliphatic rings. The fourth-order valence-electron chi connectivity index (χ4n) is 4.02. The molecular formula is C22H20BrN3O3. The molecule has 1 fully saturated rings. The minimum atomic E-state index is -0.145. The third-order valence-electron chi connectivity index (χ3n) is 5.52. The van der Waals surface area contributed by atoms with E-state index in [9.17, 15) is 4.79 Å². The van der Waals surface area contributed by atoms with Crippen molar-refractivity contribution in [2.45, 2.75) is 38.0 Å². The average molecular weight is 454 g/mol. The van der Waals surface area contributed by atoms with Crippen LogP contribution >= 0.6 is 15.9 Å². The van der Waals surface area contributed by atoms with Crippen LogP contribution in [0.1, 0.15) is 49.4 Å². The molecule has 2 aromatic carbocycles. The lowest BCUT2D eigenvalue weighted by Crippen LogP contribution is -2.25.